The van der Waals surface area contributed by atoms with Crippen molar-refractivity contribution >= 4 is 17.6 Å². The molecule has 3 atom stereocenters. The van der Waals surface area contributed by atoms with Crippen LogP contribution in [0.5, 0.6) is 11.5 Å². The van der Waals surface area contributed by atoms with E-state index in [4.69, 9.17) is 31.9 Å². The molecule has 0 saturated carbocycles. The summed E-state index contributed by atoms with van der Waals surface area (Å²) in [5, 5.41) is 9.61. The smallest absolute Gasteiger partial charge is 0.305 e. The first kappa shape index (κ1) is 14.5. The van der Waals surface area contributed by atoms with Gasteiger partial charge in [0.25, 0.3) is 0 Å². The van der Waals surface area contributed by atoms with E-state index >= 15 is 0 Å². The standard InChI is InChI=1S/C15H18ClNO4/c1-6-3-8-12(10(17)5-11(18)19)14-9(4-7(2)20-14)13(16)15(8)21-6/h6-7,10H,3-5,17H2,1-2H3,(H,18,19). The van der Waals surface area contributed by atoms with Crippen LogP contribution in [-0.2, 0) is 17.6 Å². The number of carboxylic acid groups (broad SMARTS) is 1. The zero-order valence-corrected chi connectivity index (χ0v) is 12.7. The number of ether oxygens (including phenoxy) is 2. The Hall–Kier alpha value is -1.46. The lowest BCUT2D eigenvalue weighted by Gasteiger charge is -2.19. The first-order valence-electron chi connectivity index (χ1n) is 7.06. The van der Waals surface area contributed by atoms with Crippen LogP contribution in [0.1, 0.15) is 43.0 Å². The first-order valence-corrected chi connectivity index (χ1v) is 7.44. The summed E-state index contributed by atoms with van der Waals surface area (Å²) in [4.78, 5) is 11.0. The van der Waals surface area contributed by atoms with Crippen LogP contribution < -0.4 is 15.2 Å². The molecular formula is C15H18ClNO4. The van der Waals surface area contributed by atoms with Gasteiger partial charge in [-0.25, -0.2) is 0 Å². The van der Waals surface area contributed by atoms with Crippen LogP contribution in [0.3, 0.4) is 0 Å². The van der Waals surface area contributed by atoms with Crippen molar-refractivity contribution in [3.63, 3.8) is 0 Å². The van der Waals surface area contributed by atoms with Gasteiger partial charge in [-0.1, -0.05) is 11.6 Å². The van der Waals surface area contributed by atoms with Crippen LogP contribution in [-0.4, -0.2) is 23.3 Å². The molecule has 5 nitrogen and oxygen atoms in total. The van der Waals surface area contributed by atoms with Gasteiger partial charge in [0.15, 0.2) is 0 Å². The molecule has 0 amide bonds. The number of hydrogen-bond acceptors (Lipinski definition) is 4. The molecule has 2 aliphatic rings. The van der Waals surface area contributed by atoms with Crippen LogP contribution in [0.25, 0.3) is 0 Å². The van der Waals surface area contributed by atoms with E-state index in [1.54, 1.807) is 0 Å². The summed E-state index contributed by atoms with van der Waals surface area (Å²) in [6.45, 7) is 3.91. The molecule has 0 aliphatic carbocycles. The molecule has 2 heterocycles. The third-order valence-electron chi connectivity index (χ3n) is 3.97. The molecule has 2 aliphatic heterocycles. The predicted molar refractivity (Wildman–Crippen MR) is 78.2 cm³/mol. The number of benzene rings is 1. The molecule has 3 unspecified atom stereocenters. The van der Waals surface area contributed by atoms with E-state index < -0.39 is 12.0 Å². The molecule has 3 rings (SSSR count). The van der Waals surface area contributed by atoms with Crippen LogP contribution >= 0.6 is 11.6 Å². The quantitative estimate of drug-likeness (QED) is 0.896. The molecule has 0 aromatic heterocycles. The summed E-state index contributed by atoms with van der Waals surface area (Å²) in [6, 6.07) is -0.624. The number of halogens is 1. The van der Waals surface area contributed by atoms with Crippen LogP contribution in [0.15, 0.2) is 0 Å². The molecule has 0 spiro atoms. The van der Waals surface area contributed by atoms with E-state index in [1.807, 2.05) is 13.8 Å². The third kappa shape index (κ3) is 2.34. The van der Waals surface area contributed by atoms with Crippen molar-refractivity contribution in [1.29, 1.82) is 0 Å². The van der Waals surface area contributed by atoms with Gasteiger partial charge in [0.2, 0.25) is 0 Å². The highest BCUT2D eigenvalue weighted by molar-refractivity contribution is 6.33. The van der Waals surface area contributed by atoms with Crippen molar-refractivity contribution < 1.29 is 19.4 Å². The normalized spacial score (nSPS) is 24.0. The predicted octanol–water partition coefficient (Wildman–Crippen LogP) is 2.46. The lowest BCUT2D eigenvalue weighted by molar-refractivity contribution is -0.137. The highest BCUT2D eigenvalue weighted by Gasteiger charge is 2.37. The van der Waals surface area contributed by atoms with E-state index in [2.05, 4.69) is 0 Å². The second-order valence-corrected chi connectivity index (χ2v) is 6.19. The third-order valence-corrected chi connectivity index (χ3v) is 4.37. The number of carbonyl (C=O) groups is 1. The molecule has 3 N–H and O–H groups in total. The average molecular weight is 312 g/mol. The van der Waals surface area contributed by atoms with E-state index in [-0.39, 0.29) is 18.6 Å². The molecule has 0 bridgehead atoms. The van der Waals surface area contributed by atoms with Gasteiger partial charge in [0.05, 0.1) is 11.4 Å². The maximum atomic E-state index is 11.0. The molecule has 0 radical (unpaired) electrons. The summed E-state index contributed by atoms with van der Waals surface area (Å²) < 4.78 is 11.7. The van der Waals surface area contributed by atoms with Gasteiger partial charge in [-0.3, -0.25) is 4.79 Å². The lowest BCUT2D eigenvalue weighted by Crippen LogP contribution is -2.18. The van der Waals surface area contributed by atoms with Gasteiger partial charge < -0.3 is 20.3 Å². The van der Waals surface area contributed by atoms with Crippen molar-refractivity contribution in [3.8, 4) is 11.5 Å². The van der Waals surface area contributed by atoms with Crippen LogP contribution in [0.4, 0.5) is 0 Å². The molecule has 0 saturated heterocycles. The Labute approximate surface area is 128 Å². The number of aliphatic carboxylic acids is 1. The minimum Gasteiger partial charge on any atom is -0.490 e. The Morgan fingerprint density at radius 1 is 1.29 bits per heavy atom. The van der Waals surface area contributed by atoms with E-state index in [0.29, 0.717) is 29.4 Å². The van der Waals surface area contributed by atoms with E-state index in [9.17, 15) is 4.79 Å². The number of hydrogen-bond donors (Lipinski definition) is 2. The molecule has 0 fully saturated rings. The Balaban J connectivity index is 2.16. The minimum absolute atomic E-state index is 0.00762. The van der Waals surface area contributed by atoms with Crippen molar-refractivity contribution in [1.82, 2.24) is 0 Å². The van der Waals surface area contributed by atoms with E-state index in [0.717, 1.165) is 16.7 Å². The Bertz CT molecular complexity index is 577. The second-order valence-electron chi connectivity index (χ2n) is 5.81. The van der Waals surface area contributed by atoms with Gasteiger partial charge in [0.1, 0.15) is 23.7 Å². The largest absolute Gasteiger partial charge is 0.490 e. The fourth-order valence-electron chi connectivity index (χ4n) is 3.18. The molecule has 114 valence electrons. The average Bonchev–Trinajstić information content (AvgIpc) is 2.92. The Morgan fingerprint density at radius 3 is 2.48 bits per heavy atom. The zero-order chi connectivity index (χ0) is 15.3. The Kier molecular flexibility index (Phi) is 3.50. The fourth-order valence-corrected chi connectivity index (χ4v) is 3.50. The van der Waals surface area contributed by atoms with Gasteiger partial charge in [-0.2, -0.15) is 0 Å². The summed E-state index contributed by atoms with van der Waals surface area (Å²) >= 11 is 6.45. The van der Waals surface area contributed by atoms with Crippen molar-refractivity contribution in [2.24, 2.45) is 5.73 Å². The van der Waals surface area contributed by atoms with Crippen molar-refractivity contribution in [3.05, 3.63) is 21.7 Å². The van der Waals surface area contributed by atoms with Gasteiger partial charge in [-0.15, -0.1) is 0 Å². The van der Waals surface area contributed by atoms with Crippen LogP contribution in [0, 0.1) is 0 Å². The molecule has 1 aromatic carbocycles. The first-order chi connectivity index (χ1) is 9.88. The highest BCUT2D eigenvalue weighted by atomic mass is 35.5. The van der Waals surface area contributed by atoms with Gasteiger partial charge in [-0.05, 0) is 13.8 Å². The summed E-state index contributed by atoms with van der Waals surface area (Å²) in [5.74, 6) is 0.382. The number of nitrogens with two attached hydrogens (primary N) is 1. The summed E-state index contributed by atoms with van der Waals surface area (Å²) in [5.41, 5.74) is 8.65. The summed E-state index contributed by atoms with van der Waals surface area (Å²) in [7, 11) is 0. The number of fused-ring (bicyclic) bond motifs is 2. The SMILES string of the molecule is CC1Cc2c(c(Cl)c3c(c2C(N)CC(=O)O)OC(C)C3)O1. The van der Waals surface area contributed by atoms with Gasteiger partial charge in [0, 0.05) is 35.6 Å². The number of rotatable bonds is 3. The topological polar surface area (TPSA) is 81.8 Å². The summed E-state index contributed by atoms with van der Waals surface area (Å²) in [6.07, 6.45) is 1.22. The minimum atomic E-state index is -0.932. The maximum Gasteiger partial charge on any atom is 0.305 e. The molecule has 21 heavy (non-hydrogen) atoms. The molecule has 1 aromatic rings. The second kappa shape index (κ2) is 5.07. The zero-order valence-electron chi connectivity index (χ0n) is 12.0. The molecule has 6 heteroatoms. The highest BCUT2D eigenvalue weighted by Crippen LogP contribution is 2.51. The number of carboxylic acids is 1. The van der Waals surface area contributed by atoms with Crippen molar-refractivity contribution in [2.75, 3.05) is 0 Å². The molecular weight excluding hydrogens is 294 g/mol. The monoisotopic (exact) mass is 311 g/mol. The van der Waals surface area contributed by atoms with Crippen molar-refractivity contribution in [2.45, 2.75) is 51.4 Å². The van der Waals surface area contributed by atoms with E-state index in [1.165, 1.54) is 0 Å². The maximum absolute atomic E-state index is 11.0. The van der Waals surface area contributed by atoms with Crippen LogP contribution in [0.2, 0.25) is 5.02 Å². The lowest BCUT2D eigenvalue weighted by atomic mass is 9.92. The fraction of sp³-hybridized carbons (Fsp3) is 0.533. The van der Waals surface area contributed by atoms with Gasteiger partial charge >= 0.3 is 5.97 Å². The Morgan fingerprint density at radius 2 is 1.86 bits per heavy atom.